The molecule has 2 aromatic rings. The minimum absolute atomic E-state index is 0.0482. The van der Waals surface area contributed by atoms with Crippen LogP contribution >= 0.6 is 0 Å². The van der Waals surface area contributed by atoms with E-state index in [0.717, 1.165) is 42.8 Å². The van der Waals surface area contributed by atoms with Crippen molar-refractivity contribution in [2.45, 2.75) is 51.8 Å². The Morgan fingerprint density at radius 3 is 2.81 bits per heavy atom. The number of nitrogens with zero attached hydrogens (tertiary/aromatic N) is 2. The highest BCUT2D eigenvalue weighted by atomic mass is 16.5. The second-order valence-corrected chi connectivity index (χ2v) is 6.66. The predicted molar refractivity (Wildman–Crippen MR) is 102 cm³/mol. The zero-order valence-electron chi connectivity index (χ0n) is 15.4. The highest BCUT2D eigenvalue weighted by Crippen LogP contribution is 2.19. The molecule has 1 saturated heterocycles. The average Bonchev–Trinajstić information content (AvgIpc) is 2.72. The number of rotatable bonds is 6. The van der Waals surface area contributed by atoms with Crippen molar-refractivity contribution in [2.75, 3.05) is 6.54 Å². The fourth-order valence-corrected chi connectivity index (χ4v) is 3.32. The van der Waals surface area contributed by atoms with Gasteiger partial charge in [0.2, 0.25) is 0 Å². The number of hydrogen-bond acceptors (Lipinski definition) is 3. The van der Waals surface area contributed by atoms with Crippen molar-refractivity contribution in [1.82, 2.24) is 15.2 Å². The molecule has 3 rings (SSSR count). The van der Waals surface area contributed by atoms with Crippen LogP contribution in [0.5, 0.6) is 5.75 Å². The number of aromatic nitrogens is 1. The highest BCUT2D eigenvalue weighted by molar-refractivity contribution is 5.74. The fourth-order valence-electron chi connectivity index (χ4n) is 3.32. The Kier molecular flexibility index (Phi) is 6.47. The Bertz CT molecular complexity index is 688. The van der Waals surface area contributed by atoms with E-state index in [4.69, 9.17) is 4.74 Å². The zero-order chi connectivity index (χ0) is 18.2. The normalized spacial score (nSPS) is 17.0. The van der Waals surface area contributed by atoms with Gasteiger partial charge in [-0.05, 0) is 55.5 Å². The van der Waals surface area contributed by atoms with Gasteiger partial charge in [-0.1, -0.05) is 25.1 Å². The Hall–Kier alpha value is -2.56. The van der Waals surface area contributed by atoms with E-state index in [1.165, 1.54) is 6.42 Å². The number of nitrogens with one attached hydrogen (secondary N) is 1. The standard InChI is InChI=1S/C21H27N3O2/c1-2-19-8-4-6-14-24(19)21(25)23-15-17-9-11-20(12-10-17)26-16-18-7-3-5-13-22-18/h3,5,7,9-13,19H,2,4,6,8,14-16H2,1H3,(H,23,25). The first kappa shape index (κ1) is 18.2. The van der Waals surface area contributed by atoms with Crippen LogP contribution in [-0.2, 0) is 13.2 Å². The van der Waals surface area contributed by atoms with Gasteiger partial charge in [0.1, 0.15) is 12.4 Å². The molecule has 1 aliphatic heterocycles. The van der Waals surface area contributed by atoms with Gasteiger partial charge in [-0.15, -0.1) is 0 Å². The molecule has 5 nitrogen and oxygen atoms in total. The molecule has 0 radical (unpaired) electrons. The lowest BCUT2D eigenvalue weighted by molar-refractivity contribution is 0.148. The summed E-state index contributed by atoms with van der Waals surface area (Å²) in [7, 11) is 0. The number of ether oxygens (including phenoxy) is 1. The number of carbonyl (C=O) groups is 1. The summed E-state index contributed by atoms with van der Waals surface area (Å²) in [4.78, 5) is 18.7. The highest BCUT2D eigenvalue weighted by Gasteiger charge is 2.24. The molecule has 1 aromatic heterocycles. The molecule has 1 atom stereocenters. The van der Waals surface area contributed by atoms with Crippen LogP contribution in [0, 0.1) is 0 Å². The van der Waals surface area contributed by atoms with E-state index < -0.39 is 0 Å². The van der Waals surface area contributed by atoms with Gasteiger partial charge in [-0.25, -0.2) is 4.79 Å². The van der Waals surface area contributed by atoms with E-state index in [9.17, 15) is 4.79 Å². The summed E-state index contributed by atoms with van der Waals surface area (Å²) < 4.78 is 5.74. The summed E-state index contributed by atoms with van der Waals surface area (Å²) in [5.41, 5.74) is 1.96. The molecule has 0 spiro atoms. The van der Waals surface area contributed by atoms with Crippen LogP contribution in [-0.4, -0.2) is 28.5 Å². The average molecular weight is 353 g/mol. The first-order chi connectivity index (χ1) is 12.8. The van der Waals surface area contributed by atoms with Gasteiger partial charge in [-0.3, -0.25) is 4.98 Å². The molecule has 5 heteroatoms. The monoisotopic (exact) mass is 353 g/mol. The van der Waals surface area contributed by atoms with Gasteiger partial charge >= 0.3 is 6.03 Å². The van der Waals surface area contributed by atoms with Crippen molar-refractivity contribution >= 4 is 6.03 Å². The molecule has 0 saturated carbocycles. The molecular weight excluding hydrogens is 326 g/mol. The van der Waals surface area contributed by atoms with E-state index in [1.54, 1.807) is 6.20 Å². The van der Waals surface area contributed by atoms with E-state index in [-0.39, 0.29) is 6.03 Å². The van der Waals surface area contributed by atoms with Crippen molar-refractivity contribution < 1.29 is 9.53 Å². The van der Waals surface area contributed by atoms with E-state index in [2.05, 4.69) is 17.2 Å². The summed E-state index contributed by atoms with van der Waals surface area (Å²) in [6.07, 6.45) is 6.23. The third kappa shape index (κ3) is 4.97. The van der Waals surface area contributed by atoms with E-state index >= 15 is 0 Å². The van der Waals surface area contributed by atoms with Crippen LogP contribution in [0.4, 0.5) is 4.79 Å². The molecule has 1 N–H and O–H groups in total. The molecule has 0 bridgehead atoms. The lowest BCUT2D eigenvalue weighted by Crippen LogP contribution is -2.48. The Morgan fingerprint density at radius 1 is 1.23 bits per heavy atom. The molecule has 2 heterocycles. The summed E-state index contributed by atoms with van der Waals surface area (Å²) in [5.74, 6) is 0.799. The molecule has 1 aromatic carbocycles. The smallest absolute Gasteiger partial charge is 0.317 e. The molecule has 2 amide bonds. The van der Waals surface area contributed by atoms with Crippen molar-refractivity contribution in [3.63, 3.8) is 0 Å². The predicted octanol–water partition coefficient (Wildman–Crippen LogP) is 4.13. The summed E-state index contributed by atoms with van der Waals surface area (Å²) in [6.45, 7) is 4.00. The third-order valence-electron chi connectivity index (χ3n) is 4.84. The molecule has 0 aliphatic carbocycles. The van der Waals surface area contributed by atoms with Gasteiger partial charge < -0.3 is 15.0 Å². The largest absolute Gasteiger partial charge is 0.487 e. The van der Waals surface area contributed by atoms with Crippen molar-refractivity contribution in [1.29, 1.82) is 0 Å². The maximum absolute atomic E-state index is 12.5. The van der Waals surface area contributed by atoms with Gasteiger partial charge in [0.15, 0.2) is 0 Å². The van der Waals surface area contributed by atoms with Gasteiger partial charge in [0, 0.05) is 25.3 Å². The van der Waals surface area contributed by atoms with Crippen LogP contribution < -0.4 is 10.1 Å². The summed E-state index contributed by atoms with van der Waals surface area (Å²) in [5, 5.41) is 3.05. The minimum Gasteiger partial charge on any atom is -0.487 e. The number of urea groups is 1. The van der Waals surface area contributed by atoms with Crippen LogP contribution in [0.15, 0.2) is 48.7 Å². The topological polar surface area (TPSA) is 54.5 Å². The lowest BCUT2D eigenvalue weighted by Gasteiger charge is -2.35. The number of hydrogen-bond donors (Lipinski definition) is 1. The number of carbonyl (C=O) groups excluding carboxylic acids is 1. The van der Waals surface area contributed by atoms with Crippen LogP contribution in [0.3, 0.4) is 0 Å². The number of piperidine rings is 1. The minimum atomic E-state index is 0.0482. The van der Waals surface area contributed by atoms with Gasteiger partial charge in [-0.2, -0.15) is 0 Å². The van der Waals surface area contributed by atoms with E-state index in [0.29, 0.717) is 19.2 Å². The molecule has 1 aliphatic rings. The maximum atomic E-state index is 12.5. The molecule has 138 valence electrons. The lowest BCUT2D eigenvalue weighted by atomic mass is 10.0. The first-order valence-electron chi connectivity index (χ1n) is 9.42. The number of benzene rings is 1. The second kappa shape index (κ2) is 9.22. The number of likely N-dealkylation sites (tertiary alicyclic amines) is 1. The quantitative estimate of drug-likeness (QED) is 0.849. The van der Waals surface area contributed by atoms with Crippen molar-refractivity contribution in [3.8, 4) is 5.75 Å². The molecular formula is C21H27N3O2. The second-order valence-electron chi connectivity index (χ2n) is 6.66. The Labute approximate surface area is 155 Å². The summed E-state index contributed by atoms with van der Waals surface area (Å²) >= 11 is 0. The number of pyridine rings is 1. The Balaban J connectivity index is 1.47. The number of amides is 2. The third-order valence-corrected chi connectivity index (χ3v) is 4.84. The Morgan fingerprint density at radius 2 is 2.08 bits per heavy atom. The van der Waals surface area contributed by atoms with Gasteiger partial charge in [0.05, 0.1) is 5.69 Å². The van der Waals surface area contributed by atoms with Gasteiger partial charge in [0.25, 0.3) is 0 Å². The first-order valence-corrected chi connectivity index (χ1v) is 9.42. The maximum Gasteiger partial charge on any atom is 0.317 e. The fraction of sp³-hybridized carbons (Fsp3) is 0.429. The molecule has 26 heavy (non-hydrogen) atoms. The summed E-state index contributed by atoms with van der Waals surface area (Å²) in [6, 6.07) is 14.0. The SMILES string of the molecule is CCC1CCCCN1C(=O)NCc1ccc(OCc2ccccn2)cc1. The van der Waals surface area contributed by atoms with Crippen molar-refractivity contribution in [2.24, 2.45) is 0 Å². The van der Waals surface area contributed by atoms with E-state index in [1.807, 2.05) is 47.4 Å². The van der Waals surface area contributed by atoms with Crippen LogP contribution in [0.1, 0.15) is 43.9 Å². The molecule has 1 fully saturated rings. The van der Waals surface area contributed by atoms with Crippen molar-refractivity contribution in [3.05, 3.63) is 59.9 Å². The van der Waals surface area contributed by atoms with Crippen LogP contribution in [0.2, 0.25) is 0 Å². The molecule has 1 unspecified atom stereocenters. The zero-order valence-corrected chi connectivity index (χ0v) is 15.4. The van der Waals surface area contributed by atoms with Crippen LogP contribution in [0.25, 0.3) is 0 Å².